The Morgan fingerprint density at radius 1 is 0.950 bits per heavy atom. The minimum absolute atomic E-state index is 0.685. The average molecular weight is 261 g/mol. The van der Waals surface area contributed by atoms with Gasteiger partial charge < -0.3 is 9.97 Å². The summed E-state index contributed by atoms with van der Waals surface area (Å²) in [6.45, 7) is 0. The number of carbonyl (C=O) groups excluding carboxylic acids is 1. The molecule has 0 spiro atoms. The van der Waals surface area contributed by atoms with Crippen molar-refractivity contribution in [1.82, 2.24) is 15.0 Å². The Morgan fingerprint density at radius 3 is 2.70 bits per heavy atom. The molecule has 0 aliphatic carbocycles. The monoisotopic (exact) mass is 261 g/mol. The molecule has 4 heteroatoms. The number of aldehydes is 1. The van der Waals surface area contributed by atoms with Crippen molar-refractivity contribution < 1.29 is 4.79 Å². The number of rotatable bonds is 2. The van der Waals surface area contributed by atoms with Crippen molar-refractivity contribution in [3.63, 3.8) is 0 Å². The van der Waals surface area contributed by atoms with Gasteiger partial charge in [0, 0.05) is 22.7 Å². The number of benzene rings is 2. The summed E-state index contributed by atoms with van der Waals surface area (Å²) in [5.41, 5.74) is 5.79. The molecule has 0 aliphatic heterocycles. The highest BCUT2D eigenvalue weighted by Crippen LogP contribution is 2.27. The molecule has 2 aromatic heterocycles. The summed E-state index contributed by atoms with van der Waals surface area (Å²) in [7, 11) is 0. The molecule has 0 atom stereocenters. The minimum atomic E-state index is 0.685. The van der Waals surface area contributed by atoms with Gasteiger partial charge in [-0.1, -0.05) is 12.1 Å². The molecule has 0 radical (unpaired) electrons. The van der Waals surface area contributed by atoms with Gasteiger partial charge >= 0.3 is 0 Å². The molecule has 4 nitrogen and oxygen atoms in total. The maximum Gasteiger partial charge on any atom is 0.152 e. The van der Waals surface area contributed by atoms with Crippen LogP contribution in [0.3, 0.4) is 0 Å². The first-order valence-electron chi connectivity index (χ1n) is 6.35. The Balaban J connectivity index is 1.93. The van der Waals surface area contributed by atoms with Gasteiger partial charge in [0.2, 0.25) is 0 Å². The quantitative estimate of drug-likeness (QED) is 0.542. The number of fused-ring (bicyclic) bond motifs is 2. The number of H-pyrrole nitrogens is 2. The smallest absolute Gasteiger partial charge is 0.152 e. The van der Waals surface area contributed by atoms with E-state index in [-0.39, 0.29) is 0 Å². The van der Waals surface area contributed by atoms with Crippen LogP contribution in [0.25, 0.3) is 33.1 Å². The molecule has 2 N–H and O–H groups in total. The standard InChI is InChI=1S/C16H11N3O/c20-8-12-7-17-14-3-1-10(5-13(12)14)11-2-4-15-16(6-11)19-9-18-15/h1-9,17H,(H,18,19). The van der Waals surface area contributed by atoms with Crippen LogP contribution in [0, 0.1) is 0 Å². The molecular formula is C16H11N3O. The van der Waals surface area contributed by atoms with E-state index in [1.165, 1.54) is 0 Å². The Labute approximate surface area is 114 Å². The molecule has 20 heavy (non-hydrogen) atoms. The highest BCUT2D eigenvalue weighted by Gasteiger charge is 2.06. The SMILES string of the molecule is O=Cc1c[nH]c2ccc(-c3ccc4nc[nH]c4c3)cc12. The van der Waals surface area contributed by atoms with Crippen LogP contribution in [0.15, 0.2) is 48.9 Å². The van der Waals surface area contributed by atoms with Crippen LogP contribution in [-0.4, -0.2) is 21.2 Å². The van der Waals surface area contributed by atoms with E-state index in [2.05, 4.69) is 21.0 Å². The topological polar surface area (TPSA) is 61.5 Å². The predicted molar refractivity (Wildman–Crippen MR) is 78.8 cm³/mol. The maximum atomic E-state index is 11.0. The van der Waals surface area contributed by atoms with E-state index < -0.39 is 0 Å². The van der Waals surface area contributed by atoms with Gasteiger partial charge in [-0.2, -0.15) is 0 Å². The van der Waals surface area contributed by atoms with Crippen LogP contribution in [0.5, 0.6) is 0 Å². The second kappa shape index (κ2) is 4.06. The van der Waals surface area contributed by atoms with Crippen LogP contribution >= 0.6 is 0 Å². The van der Waals surface area contributed by atoms with Crippen LogP contribution in [0.4, 0.5) is 0 Å². The fourth-order valence-corrected chi connectivity index (χ4v) is 2.53. The van der Waals surface area contributed by atoms with E-state index in [9.17, 15) is 4.79 Å². The van der Waals surface area contributed by atoms with Gasteiger partial charge in [0.1, 0.15) is 0 Å². The van der Waals surface area contributed by atoms with E-state index in [4.69, 9.17) is 0 Å². The van der Waals surface area contributed by atoms with Gasteiger partial charge in [-0.3, -0.25) is 4.79 Å². The summed E-state index contributed by atoms with van der Waals surface area (Å²) < 4.78 is 0. The minimum Gasteiger partial charge on any atom is -0.360 e. The van der Waals surface area contributed by atoms with Gasteiger partial charge in [-0.05, 0) is 35.4 Å². The molecule has 0 amide bonds. The fourth-order valence-electron chi connectivity index (χ4n) is 2.53. The number of imidazole rings is 1. The lowest BCUT2D eigenvalue weighted by Gasteiger charge is -2.02. The first kappa shape index (κ1) is 11.0. The number of nitrogens with zero attached hydrogens (tertiary/aromatic N) is 1. The van der Waals surface area contributed by atoms with Gasteiger partial charge in [-0.15, -0.1) is 0 Å². The molecule has 2 aromatic carbocycles. The molecule has 0 aliphatic rings. The van der Waals surface area contributed by atoms with E-state index in [1.54, 1.807) is 12.5 Å². The van der Waals surface area contributed by atoms with E-state index in [0.717, 1.165) is 39.3 Å². The number of aromatic nitrogens is 3. The zero-order chi connectivity index (χ0) is 13.5. The van der Waals surface area contributed by atoms with Crippen molar-refractivity contribution in [2.24, 2.45) is 0 Å². The summed E-state index contributed by atoms with van der Waals surface area (Å²) in [5.74, 6) is 0. The Kier molecular flexibility index (Phi) is 2.23. The number of nitrogens with one attached hydrogen (secondary N) is 2. The summed E-state index contributed by atoms with van der Waals surface area (Å²) in [5, 5.41) is 0.946. The number of aromatic amines is 2. The lowest BCUT2D eigenvalue weighted by molar-refractivity contribution is 0.112. The summed E-state index contributed by atoms with van der Waals surface area (Å²) in [4.78, 5) is 21.5. The normalized spacial score (nSPS) is 11.2. The predicted octanol–water partition coefficient (Wildman–Crippen LogP) is 3.52. The summed E-state index contributed by atoms with van der Waals surface area (Å²) >= 11 is 0. The van der Waals surface area contributed by atoms with Crippen molar-refractivity contribution in [2.75, 3.05) is 0 Å². The van der Waals surface area contributed by atoms with Gasteiger partial charge in [-0.25, -0.2) is 4.98 Å². The van der Waals surface area contributed by atoms with E-state index in [0.29, 0.717) is 5.56 Å². The Bertz CT molecular complexity index is 933. The lowest BCUT2D eigenvalue weighted by Crippen LogP contribution is -1.80. The van der Waals surface area contributed by atoms with Gasteiger partial charge in [0.05, 0.1) is 17.4 Å². The lowest BCUT2D eigenvalue weighted by atomic mass is 10.0. The number of hydrogen-bond acceptors (Lipinski definition) is 2. The van der Waals surface area contributed by atoms with Crippen LogP contribution in [0.2, 0.25) is 0 Å². The van der Waals surface area contributed by atoms with Crippen molar-refractivity contribution in [3.8, 4) is 11.1 Å². The van der Waals surface area contributed by atoms with Crippen LogP contribution in [0.1, 0.15) is 10.4 Å². The molecule has 4 rings (SSSR count). The first-order valence-corrected chi connectivity index (χ1v) is 6.35. The largest absolute Gasteiger partial charge is 0.360 e. The summed E-state index contributed by atoms with van der Waals surface area (Å²) in [6.07, 6.45) is 4.30. The Morgan fingerprint density at radius 2 is 1.80 bits per heavy atom. The second-order valence-electron chi connectivity index (χ2n) is 4.76. The number of hydrogen-bond donors (Lipinski definition) is 2. The van der Waals surface area contributed by atoms with Crippen molar-refractivity contribution >= 4 is 28.2 Å². The molecular weight excluding hydrogens is 250 g/mol. The zero-order valence-corrected chi connectivity index (χ0v) is 10.6. The molecule has 2 heterocycles. The third-order valence-electron chi connectivity index (χ3n) is 3.59. The van der Waals surface area contributed by atoms with E-state index in [1.807, 2.05) is 30.3 Å². The van der Waals surface area contributed by atoms with Gasteiger partial charge in [0.15, 0.2) is 6.29 Å². The zero-order valence-electron chi connectivity index (χ0n) is 10.6. The van der Waals surface area contributed by atoms with Gasteiger partial charge in [0.25, 0.3) is 0 Å². The van der Waals surface area contributed by atoms with Crippen LogP contribution < -0.4 is 0 Å². The highest BCUT2D eigenvalue weighted by atomic mass is 16.1. The second-order valence-corrected chi connectivity index (χ2v) is 4.76. The molecule has 0 bridgehead atoms. The Hall–Kier alpha value is -2.88. The number of carbonyl (C=O) groups is 1. The summed E-state index contributed by atoms with van der Waals surface area (Å²) in [6, 6.07) is 12.2. The third kappa shape index (κ3) is 1.55. The molecule has 0 unspecified atom stereocenters. The van der Waals surface area contributed by atoms with Crippen molar-refractivity contribution in [2.45, 2.75) is 0 Å². The first-order chi connectivity index (χ1) is 9.85. The van der Waals surface area contributed by atoms with E-state index >= 15 is 0 Å². The molecule has 4 aromatic rings. The van der Waals surface area contributed by atoms with Crippen molar-refractivity contribution in [1.29, 1.82) is 0 Å². The molecule has 0 saturated heterocycles. The van der Waals surface area contributed by atoms with Crippen LogP contribution in [-0.2, 0) is 0 Å². The molecule has 96 valence electrons. The molecule has 0 saturated carbocycles. The maximum absolute atomic E-state index is 11.0. The third-order valence-corrected chi connectivity index (χ3v) is 3.59. The van der Waals surface area contributed by atoms with Crippen molar-refractivity contribution in [3.05, 3.63) is 54.5 Å². The average Bonchev–Trinajstić information content (AvgIpc) is 3.12. The highest BCUT2D eigenvalue weighted by molar-refractivity contribution is 5.99. The fraction of sp³-hybridized carbons (Fsp3) is 0. The molecule has 0 fully saturated rings.